The summed E-state index contributed by atoms with van der Waals surface area (Å²) in [5, 5.41) is 8.29. The normalized spacial score (nSPS) is 10.1. The summed E-state index contributed by atoms with van der Waals surface area (Å²) in [4.78, 5) is 32.8. The highest BCUT2D eigenvalue weighted by Crippen LogP contribution is 2.14. The van der Waals surface area contributed by atoms with E-state index < -0.39 is 17.8 Å². The largest absolute Gasteiger partial charge is 0.478 e. The molecule has 0 bridgehead atoms. The van der Waals surface area contributed by atoms with Gasteiger partial charge in [-0.3, -0.25) is 20.4 Å². The van der Waals surface area contributed by atoms with Gasteiger partial charge in [-0.25, -0.2) is 4.79 Å². The molecule has 6 nitrogen and oxygen atoms in total. The number of benzene rings is 1. The molecule has 94 valence electrons. The summed E-state index contributed by atoms with van der Waals surface area (Å²) < 4.78 is 0.581. The first kappa shape index (κ1) is 13.9. The third kappa shape index (κ3) is 4.38. The van der Waals surface area contributed by atoms with E-state index in [1.54, 1.807) is 24.3 Å². The molecule has 0 spiro atoms. The van der Waals surface area contributed by atoms with Crippen LogP contribution in [0, 0.1) is 0 Å². The Balaban J connectivity index is 2.55. The van der Waals surface area contributed by atoms with Gasteiger partial charge in [-0.1, -0.05) is 12.1 Å². The van der Waals surface area contributed by atoms with E-state index in [-0.39, 0.29) is 0 Å². The maximum atomic E-state index is 11.6. The second-order valence-electron chi connectivity index (χ2n) is 3.09. The zero-order valence-electron chi connectivity index (χ0n) is 9.01. The summed E-state index contributed by atoms with van der Waals surface area (Å²) in [7, 11) is 0. The molecule has 0 heterocycles. The highest BCUT2D eigenvalue weighted by Gasteiger charge is 2.09. The molecule has 0 radical (unpaired) electrons. The number of hydrazine groups is 1. The predicted octanol–water partition coefficient (Wildman–Crippen LogP) is 0.851. The van der Waals surface area contributed by atoms with Crippen molar-refractivity contribution in [2.24, 2.45) is 0 Å². The van der Waals surface area contributed by atoms with E-state index in [9.17, 15) is 14.4 Å². The fourth-order valence-corrected chi connectivity index (χ4v) is 1.48. The van der Waals surface area contributed by atoms with Crippen LogP contribution in [0.3, 0.4) is 0 Å². The van der Waals surface area contributed by atoms with Gasteiger partial charge in [0.1, 0.15) is 0 Å². The smallest absolute Gasteiger partial charge is 0.328 e. The fourth-order valence-electron chi connectivity index (χ4n) is 1.02. The van der Waals surface area contributed by atoms with Gasteiger partial charge in [-0.05, 0) is 28.1 Å². The predicted molar refractivity (Wildman–Crippen MR) is 66.5 cm³/mol. The third-order valence-electron chi connectivity index (χ3n) is 1.79. The van der Waals surface area contributed by atoms with Crippen LogP contribution in [0.1, 0.15) is 10.4 Å². The number of hydrogen-bond acceptors (Lipinski definition) is 3. The van der Waals surface area contributed by atoms with Crippen molar-refractivity contribution in [2.75, 3.05) is 0 Å². The number of carboxylic acids is 1. The van der Waals surface area contributed by atoms with Crippen molar-refractivity contribution in [2.45, 2.75) is 0 Å². The average Bonchev–Trinajstić information content (AvgIpc) is 2.34. The number of carbonyl (C=O) groups is 3. The second kappa shape index (κ2) is 6.55. The van der Waals surface area contributed by atoms with Gasteiger partial charge in [-0.15, -0.1) is 0 Å². The second-order valence-corrected chi connectivity index (χ2v) is 3.95. The monoisotopic (exact) mass is 312 g/mol. The topological polar surface area (TPSA) is 95.5 Å². The molecule has 1 rings (SSSR count). The van der Waals surface area contributed by atoms with Gasteiger partial charge in [0.05, 0.1) is 5.56 Å². The Morgan fingerprint density at radius 2 is 1.78 bits per heavy atom. The summed E-state index contributed by atoms with van der Waals surface area (Å²) in [6, 6.07) is 6.67. The molecule has 1 aromatic carbocycles. The molecule has 3 N–H and O–H groups in total. The van der Waals surface area contributed by atoms with Gasteiger partial charge < -0.3 is 5.11 Å². The van der Waals surface area contributed by atoms with E-state index in [2.05, 4.69) is 26.8 Å². The Morgan fingerprint density at radius 1 is 1.11 bits per heavy atom. The molecule has 0 aromatic heterocycles. The molecule has 2 amide bonds. The zero-order chi connectivity index (χ0) is 13.5. The van der Waals surface area contributed by atoms with E-state index in [0.717, 1.165) is 6.08 Å². The van der Waals surface area contributed by atoms with Gasteiger partial charge >= 0.3 is 5.97 Å². The highest BCUT2D eigenvalue weighted by molar-refractivity contribution is 9.10. The molecule has 0 fully saturated rings. The molecule has 18 heavy (non-hydrogen) atoms. The van der Waals surface area contributed by atoms with Gasteiger partial charge in [0.2, 0.25) is 0 Å². The Labute approximate surface area is 111 Å². The minimum atomic E-state index is -1.25. The molecule has 0 atom stereocenters. The lowest BCUT2D eigenvalue weighted by Gasteiger charge is -2.06. The van der Waals surface area contributed by atoms with Crippen LogP contribution in [0.4, 0.5) is 0 Å². The van der Waals surface area contributed by atoms with Crippen molar-refractivity contribution in [3.05, 3.63) is 46.5 Å². The fraction of sp³-hybridized carbons (Fsp3) is 0. The van der Waals surface area contributed by atoms with Crippen LogP contribution in [-0.2, 0) is 9.59 Å². The molecule has 0 aliphatic rings. The number of amides is 2. The highest BCUT2D eigenvalue weighted by atomic mass is 79.9. The van der Waals surface area contributed by atoms with Gasteiger partial charge in [-0.2, -0.15) is 0 Å². The van der Waals surface area contributed by atoms with E-state index in [1.807, 2.05) is 0 Å². The van der Waals surface area contributed by atoms with Gasteiger partial charge in [0.25, 0.3) is 11.8 Å². The number of hydrogen-bond donors (Lipinski definition) is 3. The van der Waals surface area contributed by atoms with Crippen LogP contribution in [0.5, 0.6) is 0 Å². The Hall–Kier alpha value is -2.15. The number of carbonyl (C=O) groups excluding carboxylic acids is 2. The maximum Gasteiger partial charge on any atom is 0.328 e. The minimum Gasteiger partial charge on any atom is -0.478 e. The molecule has 0 saturated carbocycles. The first-order chi connectivity index (χ1) is 8.50. The lowest BCUT2D eigenvalue weighted by molar-refractivity contribution is -0.131. The first-order valence-electron chi connectivity index (χ1n) is 4.76. The molecular weight excluding hydrogens is 304 g/mol. The number of carboxylic acid groups (broad SMARTS) is 1. The van der Waals surface area contributed by atoms with Crippen molar-refractivity contribution < 1.29 is 19.5 Å². The van der Waals surface area contributed by atoms with E-state index in [4.69, 9.17) is 5.11 Å². The maximum absolute atomic E-state index is 11.6. The number of aliphatic carboxylic acids is 1. The molecular formula is C11H9BrN2O4. The molecule has 0 unspecified atom stereocenters. The van der Waals surface area contributed by atoms with Crippen molar-refractivity contribution >= 4 is 33.7 Å². The van der Waals surface area contributed by atoms with Crippen molar-refractivity contribution in [1.29, 1.82) is 0 Å². The summed E-state index contributed by atoms with van der Waals surface area (Å²) in [6.45, 7) is 0. The molecule has 0 aliphatic heterocycles. The first-order valence-corrected chi connectivity index (χ1v) is 5.56. The molecule has 0 saturated heterocycles. The van der Waals surface area contributed by atoms with Crippen LogP contribution < -0.4 is 10.9 Å². The van der Waals surface area contributed by atoms with E-state index in [0.29, 0.717) is 16.1 Å². The quantitative estimate of drug-likeness (QED) is 0.569. The lowest BCUT2D eigenvalue weighted by atomic mass is 10.2. The summed E-state index contributed by atoms with van der Waals surface area (Å²) >= 11 is 3.19. The lowest BCUT2D eigenvalue weighted by Crippen LogP contribution is -2.40. The zero-order valence-corrected chi connectivity index (χ0v) is 10.6. The standard InChI is InChI=1S/C11H9BrN2O4/c12-8-4-2-1-3-7(8)11(18)14-13-9(15)5-6-10(16)17/h1-6H,(H,13,15)(H,14,18)(H,16,17)/b6-5+. The minimum absolute atomic E-state index is 0.347. The van der Waals surface area contributed by atoms with Crippen LogP contribution >= 0.6 is 15.9 Å². The van der Waals surface area contributed by atoms with E-state index >= 15 is 0 Å². The third-order valence-corrected chi connectivity index (χ3v) is 2.49. The Morgan fingerprint density at radius 3 is 2.39 bits per heavy atom. The van der Waals surface area contributed by atoms with Crippen LogP contribution in [0.25, 0.3) is 0 Å². The van der Waals surface area contributed by atoms with Crippen LogP contribution in [0.2, 0.25) is 0 Å². The van der Waals surface area contributed by atoms with Gasteiger partial charge in [0, 0.05) is 16.6 Å². The van der Waals surface area contributed by atoms with Crippen LogP contribution in [0.15, 0.2) is 40.9 Å². The number of nitrogens with one attached hydrogen (secondary N) is 2. The number of halogens is 1. The summed E-state index contributed by atoms with van der Waals surface area (Å²) in [6.07, 6.45) is 1.46. The Bertz CT molecular complexity index is 514. The van der Waals surface area contributed by atoms with Crippen molar-refractivity contribution in [3.8, 4) is 0 Å². The average molecular weight is 313 g/mol. The summed E-state index contributed by atoms with van der Waals surface area (Å²) in [5.74, 6) is -2.50. The van der Waals surface area contributed by atoms with Crippen LogP contribution in [-0.4, -0.2) is 22.9 Å². The van der Waals surface area contributed by atoms with Crippen molar-refractivity contribution in [1.82, 2.24) is 10.9 Å². The molecule has 7 heteroatoms. The Kier molecular flexibility index (Phi) is 5.06. The number of rotatable bonds is 3. The SMILES string of the molecule is O=C(O)/C=C/C(=O)NNC(=O)c1ccccc1Br. The molecule has 0 aliphatic carbocycles. The van der Waals surface area contributed by atoms with Gasteiger partial charge in [0.15, 0.2) is 0 Å². The summed E-state index contributed by atoms with van der Waals surface area (Å²) in [5.41, 5.74) is 4.55. The van der Waals surface area contributed by atoms with E-state index in [1.165, 1.54) is 0 Å². The van der Waals surface area contributed by atoms with Crippen molar-refractivity contribution in [3.63, 3.8) is 0 Å². The molecule has 1 aromatic rings.